The summed E-state index contributed by atoms with van der Waals surface area (Å²) in [5.41, 5.74) is 3.38. The molecule has 3 rings (SSSR count). The number of hydrogen-bond donors (Lipinski definition) is 0. The van der Waals surface area contributed by atoms with Gasteiger partial charge in [-0.15, -0.1) is 0 Å². The van der Waals surface area contributed by atoms with Crippen molar-refractivity contribution < 1.29 is 19.1 Å². The van der Waals surface area contributed by atoms with Crippen molar-refractivity contribution in [2.75, 3.05) is 18.6 Å². The number of carbonyl (C=O) groups is 2. The minimum absolute atomic E-state index is 0.217. The second-order valence-corrected chi connectivity index (χ2v) is 6.44. The van der Waals surface area contributed by atoms with Crippen molar-refractivity contribution in [1.82, 2.24) is 0 Å². The minimum Gasteiger partial charge on any atom is -0.482 e. The van der Waals surface area contributed by atoms with E-state index in [0.717, 1.165) is 24.9 Å². The highest BCUT2D eigenvalue weighted by Gasteiger charge is 2.22. The van der Waals surface area contributed by atoms with Crippen LogP contribution in [0, 0.1) is 0 Å². The van der Waals surface area contributed by atoms with Crippen molar-refractivity contribution in [3.63, 3.8) is 0 Å². The summed E-state index contributed by atoms with van der Waals surface area (Å²) in [4.78, 5) is 25.9. The van der Waals surface area contributed by atoms with Gasteiger partial charge in [-0.1, -0.05) is 24.3 Å². The van der Waals surface area contributed by atoms with Crippen molar-refractivity contribution in [2.24, 2.45) is 0 Å². The first-order chi connectivity index (χ1) is 12.5. The van der Waals surface area contributed by atoms with E-state index in [1.807, 2.05) is 48.5 Å². The van der Waals surface area contributed by atoms with Gasteiger partial charge < -0.3 is 14.4 Å². The lowest BCUT2D eigenvalue weighted by Crippen LogP contribution is -2.38. The van der Waals surface area contributed by atoms with Crippen molar-refractivity contribution in [3.8, 4) is 5.75 Å². The van der Waals surface area contributed by atoms with Crippen LogP contribution >= 0.6 is 0 Å². The van der Waals surface area contributed by atoms with E-state index in [4.69, 9.17) is 9.47 Å². The lowest BCUT2D eigenvalue weighted by Gasteiger charge is -2.21. The zero-order valence-electron chi connectivity index (χ0n) is 15.1. The van der Waals surface area contributed by atoms with Gasteiger partial charge in [-0.05, 0) is 61.6 Å². The quantitative estimate of drug-likeness (QED) is 0.749. The topological polar surface area (TPSA) is 55.8 Å². The molecule has 1 atom stereocenters. The van der Waals surface area contributed by atoms with Gasteiger partial charge in [-0.2, -0.15) is 0 Å². The van der Waals surface area contributed by atoms with E-state index in [-0.39, 0.29) is 12.5 Å². The molecule has 2 aromatic carbocycles. The van der Waals surface area contributed by atoms with Gasteiger partial charge >= 0.3 is 5.97 Å². The number of para-hydroxylation sites is 1. The summed E-state index contributed by atoms with van der Waals surface area (Å²) in [7, 11) is 1.66. The number of ether oxygens (including phenoxy) is 2. The predicted molar refractivity (Wildman–Crippen MR) is 99.4 cm³/mol. The number of likely N-dealkylation sites (N-methyl/N-ethyl adjacent to an activating group) is 1. The normalized spacial score (nSPS) is 13.6. The number of rotatable bonds is 6. The Morgan fingerprint density at radius 1 is 1.08 bits per heavy atom. The molecule has 0 aliphatic heterocycles. The molecule has 136 valence electrons. The molecule has 0 bridgehead atoms. The first kappa shape index (κ1) is 18.0. The molecule has 0 saturated carbocycles. The molecule has 0 fully saturated rings. The van der Waals surface area contributed by atoms with E-state index in [9.17, 15) is 9.59 Å². The van der Waals surface area contributed by atoms with Crippen LogP contribution in [0.1, 0.15) is 24.5 Å². The number of aryl methyl sites for hydroxylation is 2. The molecule has 0 aromatic heterocycles. The van der Waals surface area contributed by atoms with Gasteiger partial charge in [-0.25, -0.2) is 4.79 Å². The number of benzene rings is 2. The van der Waals surface area contributed by atoms with E-state index in [0.29, 0.717) is 5.75 Å². The SMILES string of the molecule is C[C@H](OC(=O)COc1ccc2c(c1)CCC2)C(=O)N(C)c1ccccc1. The Labute approximate surface area is 153 Å². The molecular formula is C21H23NO4. The summed E-state index contributed by atoms with van der Waals surface area (Å²) in [6, 6.07) is 15.1. The Bertz CT molecular complexity index is 788. The predicted octanol–water partition coefficient (Wildman–Crippen LogP) is 3.15. The lowest BCUT2D eigenvalue weighted by atomic mass is 10.1. The third kappa shape index (κ3) is 4.23. The summed E-state index contributed by atoms with van der Waals surface area (Å²) in [6.45, 7) is 1.35. The summed E-state index contributed by atoms with van der Waals surface area (Å²) < 4.78 is 10.7. The highest BCUT2D eigenvalue weighted by molar-refractivity contribution is 5.96. The Balaban J connectivity index is 1.50. The summed E-state index contributed by atoms with van der Waals surface area (Å²) >= 11 is 0. The molecular weight excluding hydrogens is 330 g/mol. The first-order valence-corrected chi connectivity index (χ1v) is 8.81. The third-order valence-corrected chi connectivity index (χ3v) is 4.56. The van der Waals surface area contributed by atoms with Crippen LogP contribution in [0.15, 0.2) is 48.5 Å². The van der Waals surface area contributed by atoms with Crippen LogP contribution < -0.4 is 9.64 Å². The second kappa shape index (κ2) is 8.04. The van der Waals surface area contributed by atoms with E-state index in [1.54, 1.807) is 14.0 Å². The smallest absolute Gasteiger partial charge is 0.344 e. The van der Waals surface area contributed by atoms with Crippen molar-refractivity contribution in [2.45, 2.75) is 32.3 Å². The van der Waals surface area contributed by atoms with E-state index < -0.39 is 12.1 Å². The fourth-order valence-corrected chi connectivity index (χ4v) is 3.11. The molecule has 26 heavy (non-hydrogen) atoms. The maximum Gasteiger partial charge on any atom is 0.344 e. The fraction of sp³-hybridized carbons (Fsp3) is 0.333. The summed E-state index contributed by atoms with van der Waals surface area (Å²) in [5.74, 6) is -0.196. The highest BCUT2D eigenvalue weighted by Crippen LogP contribution is 2.26. The van der Waals surface area contributed by atoms with Gasteiger partial charge in [0.1, 0.15) is 5.75 Å². The Morgan fingerprint density at radius 2 is 1.81 bits per heavy atom. The van der Waals surface area contributed by atoms with E-state index in [1.165, 1.54) is 16.0 Å². The molecule has 5 heteroatoms. The molecule has 0 heterocycles. The lowest BCUT2D eigenvalue weighted by molar-refractivity contribution is -0.155. The summed E-state index contributed by atoms with van der Waals surface area (Å²) in [5, 5.41) is 0. The van der Waals surface area contributed by atoms with Crippen LogP contribution in [0.25, 0.3) is 0 Å². The molecule has 1 aliphatic carbocycles. The zero-order chi connectivity index (χ0) is 18.5. The zero-order valence-corrected chi connectivity index (χ0v) is 15.1. The minimum atomic E-state index is -0.878. The van der Waals surface area contributed by atoms with Crippen LogP contribution in [0.5, 0.6) is 5.75 Å². The van der Waals surface area contributed by atoms with Crippen molar-refractivity contribution >= 4 is 17.6 Å². The molecule has 1 aliphatic rings. The van der Waals surface area contributed by atoms with Crippen molar-refractivity contribution in [1.29, 1.82) is 0 Å². The van der Waals surface area contributed by atoms with Gasteiger partial charge in [0.2, 0.25) is 0 Å². The van der Waals surface area contributed by atoms with Gasteiger partial charge in [0.15, 0.2) is 12.7 Å². The average molecular weight is 353 g/mol. The molecule has 0 N–H and O–H groups in total. The van der Waals surface area contributed by atoms with Crippen molar-refractivity contribution in [3.05, 3.63) is 59.7 Å². The Morgan fingerprint density at radius 3 is 2.58 bits per heavy atom. The molecule has 5 nitrogen and oxygen atoms in total. The highest BCUT2D eigenvalue weighted by atomic mass is 16.6. The molecule has 1 amide bonds. The van der Waals surface area contributed by atoms with Crippen LogP contribution in [0.2, 0.25) is 0 Å². The van der Waals surface area contributed by atoms with Crippen LogP contribution in [0.4, 0.5) is 5.69 Å². The van der Waals surface area contributed by atoms with E-state index in [2.05, 4.69) is 0 Å². The maximum atomic E-state index is 12.4. The van der Waals surface area contributed by atoms with Gasteiger partial charge in [0, 0.05) is 12.7 Å². The summed E-state index contributed by atoms with van der Waals surface area (Å²) in [6.07, 6.45) is 2.44. The third-order valence-electron chi connectivity index (χ3n) is 4.56. The van der Waals surface area contributed by atoms with E-state index >= 15 is 0 Å². The maximum absolute atomic E-state index is 12.4. The van der Waals surface area contributed by atoms with Crippen LogP contribution in [-0.4, -0.2) is 31.6 Å². The number of nitrogens with zero attached hydrogens (tertiary/aromatic N) is 1. The van der Waals surface area contributed by atoms with Crippen LogP contribution in [0.3, 0.4) is 0 Å². The number of anilines is 1. The number of amides is 1. The molecule has 0 radical (unpaired) electrons. The van der Waals surface area contributed by atoms with Gasteiger partial charge in [0.25, 0.3) is 5.91 Å². The monoisotopic (exact) mass is 353 g/mol. The molecule has 0 unspecified atom stereocenters. The standard InChI is InChI=1S/C21H23NO4/c1-15(21(24)22(2)18-9-4-3-5-10-18)26-20(23)14-25-19-12-11-16-7-6-8-17(16)13-19/h3-5,9-13,15H,6-8,14H2,1-2H3/t15-/m0/s1. The Hall–Kier alpha value is -2.82. The average Bonchev–Trinajstić information content (AvgIpc) is 3.13. The number of fused-ring (bicyclic) bond motifs is 1. The second-order valence-electron chi connectivity index (χ2n) is 6.44. The fourth-order valence-electron chi connectivity index (χ4n) is 3.11. The molecule has 0 spiro atoms. The largest absolute Gasteiger partial charge is 0.482 e. The Kier molecular flexibility index (Phi) is 5.56. The van der Waals surface area contributed by atoms with Gasteiger partial charge in [0.05, 0.1) is 0 Å². The number of hydrogen-bond acceptors (Lipinski definition) is 4. The number of carbonyl (C=O) groups excluding carboxylic acids is 2. The first-order valence-electron chi connectivity index (χ1n) is 8.81. The number of esters is 1. The van der Waals surface area contributed by atoms with Gasteiger partial charge in [-0.3, -0.25) is 4.79 Å². The molecule has 0 saturated heterocycles. The van der Waals surface area contributed by atoms with Crippen LogP contribution in [-0.2, 0) is 27.2 Å². The molecule has 2 aromatic rings.